The summed E-state index contributed by atoms with van der Waals surface area (Å²) in [5, 5.41) is 4.26. The van der Waals surface area contributed by atoms with E-state index in [9.17, 15) is 14.4 Å². The number of rotatable bonds is 4. The highest BCUT2D eigenvalue weighted by Gasteiger charge is 2.39. The number of esters is 1. The SMILES string of the molecule is CCOC(=O)[C@H]1CCc2c(sc3ncnc(Nc4cc(Cl)c5n(c4=O)C(C)(C)CC5=O)c23)C1. The number of thiophene rings is 1. The molecular formula is C23H23ClN4O4S. The van der Waals surface area contributed by atoms with Gasteiger partial charge >= 0.3 is 5.97 Å². The number of carbonyl (C=O) groups is 2. The fraction of sp³-hybridized carbons (Fsp3) is 0.435. The quantitative estimate of drug-likeness (QED) is 0.550. The number of aryl methyl sites for hydroxylation is 1. The predicted octanol–water partition coefficient (Wildman–Crippen LogP) is 4.24. The molecule has 0 saturated heterocycles. The van der Waals surface area contributed by atoms with Crippen LogP contribution in [-0.2, 0) is 27.9 Å². The Kier molecular flexibility index (Phi) is 5.29. The van der Waals surface area contributed by atoms with Gasteiger partial charge in [0.05, 0.1) is 28.5 Å². The summed E-state index contributed by atoms with van der Waals surface area (Å²) in [4.78, 5) is 48.7. The molecule has 0 fully saturated rings. The second-order valence-corrected chi connectivity index (χ2v) is 10.5. The molecule has 0 radical (unpaired) electrons. The van der Waals surface area contributed by atoms with Gasteiger partial charge in [-0.2, -0.15) is 0 Å². The van der Waals surface area contributed by atoms with Crippen LogP contribution in [0.5, 0.6) is 0 Å². The van der Waals surface area contributed by atoms with Gasteiger partial charge in [-0.3, -0.25) is 19.0 Å². The third-order valence-electron chi connectivity index (χ3n) is 6.34. The van der Waals surface area contributed by atoms with E-state index in [0.29, 0.717) is 31.7 Å². The summed E-state index contributed by atoms with van der Waals surface area (Å²) in [5.74, 6) is 0.0573. The highest BCUT2D eigenvalue weighted by Crippen LogP contribution is 2.41. The van der Waals surface area contributed by atoms with E-state index in [2.05, 4.69) is 15.3 Å². The number of halogens is 1. The van der Waals surface area contributed by atoms with E-state index in [1.54, 1.807) is 0 Å². The summed E-state index contributed by atoms with van der Waals surface area (Å²) in [5.41, 5.74) is 0.634. The molecule has 1 aliphatic heterocycles. The number of fused-ring (bicyclic) bond motifs is 4. The lowest BCUT2D eigenvalue weighted by atomic mass is 9.88. The third kappa shape index (κ3) is 3.54. The molecule has 2 aliphatic rings. The first-order valence-electron chi connectivity index (χ1n) is 10.9. The van der Waals surface area contributed by atoms with Crippen LogP contribution < -0.4 is 10.9 Å². The Morgan fingerprint density at radius 3 is 2.91 bits per heavy atom. The van der Waals surface area contributed by atoms with Gasteiger partial charge in [0, 0.05) is 11.3 Å². The number of hydrogen-bond acceptors (Lipinski definition) is 8. The fourth-order valence-corrected chi connectivity index (χ4v) is 6.43. The molecule has 0 aromatic carbocycles. The summed E-state index contributed by atoms with van der Waals surface area (Å²) in [6.07, 6.45) is 3.68. The van der Waals surface area contributed by atoms with Crippen molar-refractivity contribution in [3.05, 3.63) is 43.9 Å². The van der Waals surface area contributed by atoms with E-state index in [1.165, 1.54) is 28.3 Å². The molecule has 172 valence electrons. The molecule has 0 bridgehead atoms. The first-order chi connectivity index (χ1) is 15.7. The molecule has 0 saturated carbocycles. The van der Waals surface area contributed by atoms with Crippen LogP contribution in [0.15, 0.2) is 17.2 Å². The molecule has 1 atom stereocenters. The van der Waals surface area contributed by atoms with Gasteiger partial charge < -0.3 is 10.1 Å². The number of nitrogens with one attached hydrogen (secondary N) is 1. The molecule has 3 aromatic rings. The van der Waals surface area contributed by atoms with Gasteiger partial charge in [0.1, 0.15) is 28.4 Å². The van der Waals surface area contributed by atoms with Crippen LogP contribution in [0.4, 0.5) is 11.5 Å². The van der Waals surface area contributed by atoms with Crippen LogP contribution in [0.3, 0.4) is 0 Å². The summed E-state index contributed by atoms with van der Waals surface area (Å²) in [7, 11) is 0. The van der Waals surface area contributed by atoms with E-state index >= 15 is 0 Å². The maximum absolute atomic E-state index is 13.3. The number of carbonyl (C=O) groups excluding carboxylic acids is 2. The Balaban J connectivity index is 1.56. The number of Topliss-reactive ketones (excluding diaryl/α,β-unsaturated/α-hetero) is 1. The van der Waals surface area contributed by atoms with Crippen LogP contribution in [0.2, 0.25) is 5.02 Å². The number of hydrogen-bond donors (Lipinski definition) is 1. The Morgan fingerprint density at radius 1 is 1.36 bits per heavy atom. The lowest BCUT2D eigenvalue weighted by molar-refractivity contribution is -0.148. The van der Waals surface area contributed by atoms with Crippen molar-refractivity contribution in [2.24, 2.45) is 5.92 Å². The lowest BCUT2D eigenvalue weighted by Gasteiger charge is -2.22. The molecule has 3 aromatic heterocycles. The number of anilines is 2. The van der Waals surface area contributed by atoms with Crippen molar-refractivity contribution in [3.8, 4) is 0 Å². The van der Waals surface area contributed by atoms with Gasteiger partial charge in [0.2, 0.25) is 0 Å². The minimum absolute atomic E-state index is 0.138. The molecule has 8 nitrogen and oxygen atoms in total. The zero-order valence-corrected chi connectivity index (χ0v) is 20.1. The van der Waals surface area contributed by atoms with Crippen molar-refractivity contribution < 1.29 is 14.3 Å². The highest BCUT2D eigenvalue weighted by atomic mass is 35.5. The van der Waals surface area contributed by atoms with Gasteiger partial charge in [-0.05, 0) is 51.7 Å². The number of pyridine rings is 1. The van der Waals surface area contributed by atoms with Crippen LogP contribution in [0, 0.1) is 5.92 Å². The van der Waals surface area contributed by atoms with Crippen molar-refractivity contribution in [2.45, 2.75) is 52.0 Å². The Morgan fingerprint density at radius 2 is 2.15 bits per heavy atom. The van der Waals surface area contributed by atoms with Gasteiger partial charge in [-0.1, -0.05) is 11.6 Å². The molecule has 4 heterocycles. The van der Waals surface area contributed by atoms with E-state index in [0.717, 1.165) is 20.7 Å². The highest BCUT2D eigenvalue weighted by molar-refractivity contribution is 7.19. The standard InChI is InChI=1S/C23H23ClN4O4S/c1-4-32-22(31)11-5-6-12-16(7-11)33-20-17(12)19(25-10-26-20)27-14-8-13(24)18-15(29)9-23(2,3)28(18)21(14)30/h8,10-11H,4-7,9H2,1-3H3,(H,25,26,27)/t11-/m0/s1. The third-order valence-corrected chi connectivity index (χ3v) is 7.79. The smallest absolute Gasteiger partial charge is 0.309 e. The van der Waals surface area contributed by atoms with Gasteiger partial charge in [-0.15, -0.1) is 11.3 Å². The van der Waals surface area contributed by atoms with E-state index in [-0.39, 0.29) is 46.1 Å². The molecule has 1 aliphatic carbocycles. The molecule has 5 rings (SSSR count). The van der Waals surface area contributed by atoms with Crippen molar-refractivity contribution in [2.75, 3.05) is 11.9 Å². The van der Waals surface area contributed by atoms with Crippen LogP contribution in [-0.4, -0.2) is 32.9 Å². The zero-order chi connectivity index (χ0) is 23.5. The maximum atomic E-state index is 13.3. The summed E-state index contributed by atoms with van der Waals surface area (Å²) in [6, 6.07) is 1.50. The van der Waals surface area contributed by atoms with Gasteiger partial charge in [-0.25, -0.2) is 9.97 Å². The molecular weight excluding hydrogens is 464 g/mol. The minimum atomic E-state index is -0.657. The van der Waals surface area contributed by atoms with Crippen molar-refractivity contribution in [3.63, 3.8) is 0 Å². The van der Waals surface area contributed by atoms with E-state index in [4.69, 9.17) is 16.3 Å². The summed E-state index contributed by atoms with van der Waals surface area (Å²) >= 11 is 7.96. The van der Waals surface area contributed by atoms with Crippen LogP contribution in [0.1, 0.15) is 54.5 Å². The fourth-order valence-electron chi connectivity index (χ4n) is 4.86. The second kappa shape index (κ2) is 7.92. The van der Waals surface area contributed by atoms with Crippen LogP contribution >= 0.6 is 22.9 Å². The van der Waals surface area contributed by atoms with Gasteiger partial charge in [0.15, 0.2) is 5.78 Å². The van der Waals surface area contributed by atoms with Gasteiger partial charge in [0.25, 0.3) is 5.56 Å². The summed E-state index contributed by atoms with van der Waals surface area (Å²) < 4.78 is 6.69. The minimum Gasteiger partial charge on any atom is -0.466 e. The summed E-state index contributed by atoms with van der Waals surface area (Å²) in [6.45, 7) is 5.88. The first kappa shape index (κ1) is 22.0. The second-order valence-electron chi connectivity index (χ2n) is 9.03. The number of nitrogens with zero attached hydrogens (tertiary/aromatic N) is 3. The molecule has 0 unspecified atom stereocenters. The first-order valence-corrected chi connectivity index (χ1v) is 12.1. The normalized spacial score (nSPS) is 18.8. The molecule has 1 N–H and O–H groups in total. The zero-order valence-electron chi connectivity index (χ0n) is 18.5. The van der Waals surface area contributed by atoms with Crippen molar-refractivity contribution in [1.29, 1.82) is 0 Å². The predicted molar refractivity (Wildman–Crippen MR) is 127 cm³/mol. The maximum Gasteiger partial charge on any atom is 0.309 e. The monoisotopic (exact) mass is 486 g/mol. The van der Waals surface area contributed by atoms with Crippen molar-refractivity contribution in [1.82, 2.24) is 14.5 Å². The Hall–Kier alpha value is -2.78. The van der Waals surface area contributed by atoms with Crippen LogP contribution in [0.25, 0.3) is 10.2 Å². The molecule has 10 heteroatoms. The Bertz CT molecular complexity index is 1380. The average molecular weight is 487 g/mol. The number of ether oxygens (including phenoxy) is 1. The largest absolute Gasteiger partial charge is 0.466 e. The Labute approximate surface area is 198 Å². The molecule has 0 amide bonds. The van der Waals surface area contributed by atoms with E-state index < -0.39 is 5.54 Å². The molecule has 0 spiro atoms. The van der Waals surface area contributed by atoms with E-state index in [1.807, 2.05) is 20.8 Å². The topological polar surface area (TPSA) is 103 Å². The lowest BCUT2D eigenvalue weighted by Crippen LogP contribution is -2.34. The number of aromatic nitrogens is 3. The number of ketones is 1. The van der Waals surface area contributed by atoms with Crippen molar-refractivity contribution >= 4 is 56.4 Å². The average Bonchev–Trinajstić information content (AvgIpc) is 3.25. The molecule has 33 heavy (non-hydrogen) atoms.